The van der Waals surface area contributed by atoms with Gasteiger partial charge in [0.05, 0.1) is 7.11 Å². The molecule has 0 aliphatic heterocycles. The number of methoxy groups -OCH3 is 1. The molecule has 0 radical (unpaired) electrons. The maximum absolute atomic E-state index is 10.8. The molecule has 0 aliphatic rings. The fourth-order valence-electron chi connectivity index (χ4n) is 0.759. The van der Waals surface area contributed by atoms with E-state index >= 15 is 0 Å². The molecule has 1 rings (SSSR count). The van der Waals surface area contributed by atoms with Crippen molar-refractivity contribution in [3.63, 3.8) is 0 Å². The van der Waals surface area contributed by atoms with Crippen molar-refractivity contribution in [3.05, 3.63) is 24.3 Å². The van der Waals surface area contributed by atoms with Crippen molar-refractivity contribution in [2.45, 2.75) is 0 Å². The van der Waals surface area contributed by atoms with Crippen LogP contribution in [0.2, 0.25) is 0 Å². The summed E-state index contributed by atoms with van der Waals surface area (Å²) >= 11 is 10.4. The number of hydrogen-bond donors (Lipinski definition) is 0. The van der Waals surface area contributed by atoms with E-state index in [4.69, 9.17) is 31.7 Å². The van der Waals surface area contributed by atoms with Crippen LogP contribution in [0.5, 0.6) is 11.5 Å². The van der Waals surface area contributed by atoms with E-state index in [1.54, 1.807) is 31.4 Å². The van der Waals surface area contributed by atoms with E-state index in [0.717, 1.165) is 0 Å². The zero-order chi connectivity index (χ0) is 9.90. The van der Waals surface area contributed by atoms with Gasteiger partial charge in [-0.15, -0.1) is 0 Å². The predicted molar refractivity (Wildman–Crippen MR) is 52.9 cm³/mol. The summed E-state index contributed by atoms with van der Waals surface area (Å²) in [5.41, 5.74) is 0. The normalized spacial score (nSPS) is 11.0. The summed E-state index contributed by atoms with van der Waals surface area (Å²) < 4.78 is 20.5. The summed E-state index contributed by atoms with van der Waals surface area (Å²) in [6.45, 7) is 0. The third kappa shape index (κ3) is 3.90. The Morgan fingerprint density at radius 3 is 2.00 bits per heavy atom. The second-order valence-corrected chi connectivity index (χ2v) is 6.38. The summed E-state index contributed by atoms with van der Waals surface area (Å²) in [5.74, 6) is 1.01. The Hall–Kier alpha value is -0.370. The van der Waals surface area contributed by atoms with Gasteiger partial charge in [0.2, 0.25) is 0 Å². The average Bonchev–Trinajstić information content (AvgIpc) is 2.03. The monoisotopic (exact) mass is 240 g/mol. The van der Waals surface area contributed by atoms with Crippen LogP contribution in [0, 0.1) is 0 Å². The van der Waals surface area contributed by atoms with Crippen molar-refractivity contribution in [3.8, 4) is 11.5 Å². The zero-order valence-corrected chi connectivity index (χ0v) is 9.14. The van der Waals surface area contributed by atoms with Crippen LogP contribution in [0.25, 0.3) is 0 Å². The largest absolute Gasteiger partial charge is 0.497 e. The molecular formula is C7H7Cl2O3P. The second kappa shape index (κ2) is 4.23. The van der Waals surface area contributed by atoms with E-state index in [2.05, 4.69) is 0 Å². The van der Waals surface area contributed by atoms with Crippen LogP contribution in [-0.4, -0.2) is 7.11 Å². The Balaban J connectivity index is 2.76. The van der Waals surface area contributed by atoms with Gasteiger partial charge in [-0.2, -0.15) is 0 Å². The van der Waals surface area contributed by atoms with E-state index in [-0.39, 0.29) is 0 Å². The summed E-state index contributed by atoms with van der Waals surface area (Å²) in [6, 6.07) is 6.43. The maximum atomic E-state index is 10.8. The van der Waals surface area contributed by atoms with Crippen LogP contribution in [0.15, 0.2) is 24.3 Å². The predicted octanol–water partition coefficient (Wildman–Crippen LogP) is 3.66. The van der Waals surface area contributed by atoms with Crippen molar-refractivity contribution < 1.29 is 13.8 Å². The van der Waals surface area contributed by atoms with Gasteiger partial charge < -0.3 is 9.26 Å². The van der Waals surface area contributed by atoms with Gasteiger partial charge in [0.15, 0.2) is 0 Å². The first-order valence-electron chi connectivity index (χ1n) is 3.34. The number of halogens is 2. The van der Waals surface area contributed by atoms with Gasteiger partial charge in [-0.05, 0) is 24.3 Å². The van der Waals surface area contributed by atoms with Crippen molar-refractivity contribution in [2.24, 2.45) is 0 Å². The van der Waals surface area contributed by atoms with E-state index in [9.17, 15) is 4.57 Å². The molecule has 0 amide bonds. The molecule has 0 saturated carbocycles. The smallest absolute Gasteiger partial charge is 0.428 e. The molecule has 0 heterocycles. The quantitative estimate of drug-likeness (QED) is 0.757. The summed E-state index contributed by atoms with van der Waals surface area (Å²) in [6.07, 6.45) is -3.51. The Morgan fingerprint density at radius 2 is 1.62 bits per heavy atom. The fraction of sp³-hybridized carbons (Fsp3) is 0.143. The van der Waals surface area contributed by atoms with Gasteiger partial charge in [0, 0.05) is 22.5 Å². The molecule has 0 N–H and O–H groups in total. The Bertz CT molecular complexity index is 319. The minimum absolute atomic E-state index is 0.342. The molecule has 0 fully saturated rings. The lowest BCUT2D eigenvalue weighted by Crippen LogP contribution is -1.84. The van der Waals surface area contributed by atoms with Crippen LogP contribution < -0.4 is 9.26 Å². The van der Waals surface area contributed by atoms with Crippen LogP contribution in [0.1, 0.15) is 0 Å². The van der Waals surface area contributed by atoms with Gasteiger partial charge in [0.1, 0.15) is 11.5 Å². The van der Waals surface area contributed by atoms with Gasteiger partial charge >= 0.3 is 6.07 Å². The summed E-state index contributed by atoms with van der Waals surface area (Å²) in [4.78, 5) is 0. The third-order valence-electron chi connectivity index (χ3n) is 1.27. The molecule has 0 aromatic heterocycles. The minimum atomic E-state index is -3.51. The van der Waals surface area contributed by atoms with E-state index in [0.29, 0.717) is 11.5 Å². The van der Waals surface area contributed by atoms with Crippen molar-refractivity contribution in [1.29, 1.82) is 0 Å². The van der Waals surface area contributed by atoms with Gasteiger partial charge in [0.25, 0.3) is 0 Å². The van der Waals surface area contributed by atoms with Crippen molar-refractivity contribution in [1.82, 2.24) is 0 Å². The number of ether oxygens (including phenoxy) is 1. The lowest BCUT2D eigenvalue weighted by atomic mass is 10.3. The van der Waals surface area contributed by atoms with Crippen molar-refractivity contribution >= 4 is 28.6 Å². The third-order valence-corrected chi connectivity index (χ3v) is 2.11. The minimum Gasteiger partial charge on any atom is -0.497 e. The van der Waals surface area contributed by atoms with E-state index in [1.807, 2.05) is 0 Å². The Labute approximate surface area is 85.6 Å². The van der Waals surface area contributed by atoms with Gasteiger partial charge in [-0.3, -0.25) is 0 Å². The molecule has 0 atom stereocenters. The number of hydrogen-bond acceptors (Lipinski definition) is 3. The van der Waals surface area contributed by atoms with E-state index in [1.165, 1.54) is 0 Å². The topological polar surface area (TPSA) is 35.5 Å². The molecule has 3 nitrogen and oxygen atoms in total. The molecule has 13 heavy (non-hydrogen) atoms. The number of rotatable bonds is 3. The first-order valence-corrected chi connectivity index (χ1v) is 6.78. The molecule has 1 aromatic rings. The standard InChI is InChI=1S/C7H7Cl2O3P/c1-11-6-2-4-7(5-3-6)12-13(8,9)10/h2-5H,1H3. The Morgan fingerprint density at radius 1 is 1.15 bits per heavy atom. The highest BCUT2D eigenvalue weighted by Crippen LogP contribution is 2.57. The highest BCUT2D eigenvalue weighted by molar-refractivity contribution is 8.05. The molecule has 1 aromatic carbocycles. The van der Waals surface area contributed by atoms with Crippen LogP contribution >= 0.6 is 28.6 Å². The van der Waals surface area contributed by atoms with Crippen molar-refractivity contribution in [2.75, 3.05) is 7.11 Å². The molecule has 0 aliphatic carbocycles. The van der Waals surface area contributed by atoms with Gasteiger partial charge in [-0.1, -0.05) is 0 Å². The average molecular weight is 241 g/mol. The highest BCUT2D eigenvalue weighted by Gasteiger charge is 2.15. The molecule has 6 heteroatoms. The maximum Gasteiger partial charge on any atom is 0.428 e. The molecule has 0 bridgehead atoms. The number of benzene rings is 1. The Kier molecular flexibility index (Phi) is 3.48. The highest BCUT2D eigenvalue weighted by atomic mass is 35.9. The zero-order valence-electron chi connectivity index (χ0n) is 6.74. The molecule has 72 valence electrons. The lowest BCUT2D eigenvalue weighted by Gasteiger charge is -2.06. The second-order valence-electron chi connectivity index (χ2n) is 2.18. The van der Waals surface area contributed by atoms with Gasteiger partial charge in [-0.25, -0.2) is 4.57 Å². The first-order chi connectivity index (χ1) is 6.01. The lowest BCUT2D eigenvalue weighted by molar-refractivity contribution is 0.414. The summed E-state index contributed by atoms with van der Waals surface area (Å²) in [7, 11) is 1.55. The first kappa shape index (κ1) is 10.7. The van der Waals surface area contributed by atoms with E-state index < -0.39 is 6.07 Å². The molecule has 0 unspecified atom stereocenters. The molecule has 0 saturated heterocycles. The van der Waals surface area contributed by atoms with Crippen LogP contribution in [0.3, 0.4) is 0 Å². The fourth-order valence-corrected chi connectivity index (χ4v) is 1.60. The molecular weight excluding hydrogens is 234 g/mol. The molecule has 0 spiro atoms. The summed E-state index contributed by atoms with van der Waals surface area (Å²) in [5, 5.41) is 0. The SMILES string of the molecule is COc1ccc(OP(=O)(Cl)Cl)cc1. The van der Waals surface area contributed by atoms with Crippen LogP contribution in [0.4, 0.5) is 0 Å². The van der Waals surface area contributed by atoms with Crippen LogP contribution in [-0.2, 0) is 4.57 Å².